The topological polar surface area (TPSA) is 54.6 Å². The summed E-state index contributed by atoms with van der Waals surface area (Å²) in [4.78, 5) is 16.3. The van der Waals surface area contributed by atoms with E-state index in [1.54, 1.807) is 0 Å². The summed E-state index contributed by atoms with van der Waals surface area (Å²) in [7, 11) is 0. The van der Waals surface area contributed by atoms with E-state index in [1.165, 1.54) is 15.7 Å². The second-order valence-corrected chi connectivity index (χ2v) is 5.45. The molecule has 0 aliphatic carbocycles. The predicted molar refractivity (Wildman–Crippen MR) is 74.1 cm³/mol. The van der Waals surface area contributed by atoms with Gasteiger partial charge in [-0.05, 0) is 17.7 Å². The van der Waals surface area contributed by atoms with Crippen LogP contribution in [0.1, 0.15) is 0 Å². The molecule has 0 saturated heterocycles. The van der Waals surface area contributed by atoms with E-state index in [0.29, 0.717) is 4.96 Å². The largest absolute Gasteiger partial charge is 0.493 e. The molecule has 3 aromatic rings. The lowest BCUT2D eigenvalue weighted by molar-refractivity contribution is 0.453. The number of thiazole rings is 1. The third-order valence-corrected chi connectivity index (χ3v) is 3.89. The number of nitrogens with zero attached hydrogens (tertiary/aromatic N) is 2. The molecular formula is C12H7BrN2O2S. The van der Waals surface area contributed by atoms with Gasteiger partial charge in [-0.3, -0.25) is 9.20 Å². The van der Waals surface area contributed by atoms with Crippen molar-refractivity contribution in [3.05, 3.63) is 50.5 Å². The second kappa shape index (κ2) is 4.22. The number of rotatable bonds is 1. The Labute approximate surface area is 114 Å². The van der Waals surface area contributed by atoms with Gasteiger partial charge in [-0.15, -0.1) is 11.3 Å². The van der Waals surface area contributed by atoms with Gasteiger partial charge in [-0.1, -0.05) is 28.1 Å². The quantitative estimate of drug-likeness (QED) is 0.749. The van der Waals surface area contributed by atoms with Gasteiger partial charge in [0, 0.05) is 9.85 Å². The Bertz CT molecular complexity index is 777. The summed E-state index contributed by atoms with van der Waals surface area (Å²) in [5, 5.41) is 11.2. The van der Waals surface area contributed by atoms with E-state index in [0.717, 1.165) is 21.8 Å². The van der Waals surface area contributed by atoms with E-state index in [4.69, 9.17) is 0 Å². The average Bonchev–Trinajstić information content (AvgIpc) is 2.74. The number of hydrogen-bond acceptors (Lipinski definition) is 4. The third-order valence-electron chi connectivity index (χ3n) is 2.53. The summed E-state index contributed by atoms with van der Waals surface area (Å²) < 4.78 is 2.47. The molecule has 3 rings (SSSR count). The Morgan fingerprint density at radius 3 is 2.72 bits per heavy atom. The third kappa shape index (κ3) is 1.83. The van der Waals surface area contributed by atoms with Crippen LogP contribution in [0.4, 0.5) is 0 Å². The number of hydrogen-bond donors (Lipinski definition) is 1. The molecule has 0 spiro atoms. The van der Waals surface area contributed by atoms with Gasteiger partial charge in [0.15, 0.2) is 4.96 Å². The number of benzene rings is 1. The molecule has 1 N–H and O–H groups in total. The van der Waals surface area contributed by atoms with Gasteiger partial charge >= 0.3 is 0 Å². The fourth-order valence-corrected chi connectivity index (χ4v) is 2.89. The minimum absolute atomic E-state index is 0.246. The standard InChI is InChI=1S/C12H7BrN2O2S/c13-8-3-1-7(2-4-8)9-6-18-12-14-10(16)5-11(17)15(9)12/h1-6,16H. The molecule has 0 saturated carbocycles. The average molecular weight is 323 g/mol. The van der Waals surface area contributed by atoms with E-state index in [9.17, 15) is 9.90 Å². The summed E-state index contributed by atoms with van der Waals surface area (Å²) in [5.41, 5.74) is 1.43. The van der Waals surface area contributed by atoms with Crippen molar-refractivity contribution in [3.63, 3.8) is 0 Å². The molecule has 2 aromatic heterocycles. The molecule has 6 heteroatoms. The van der Waals surface area contributed by atoms with Crippen LogP contribution < -0.4 is 5.56 Å². The molecule has 0 amide bonds. The maximum absolute atomic E-state index is 11.9. The molecule has 0 unspecified atom stereocenters. The molecule has 0 fully saturated rings. The van der Waals surface area contributed by atoms with Crippen molar-refractivity contribution < 1.29 is 5.11 Å². The van der Waals surface area contributed by atoms with Gasteiger partial charge in [0.2, 0.25) is 5.88 Å². The second-order valence-electron chi connectivity index (χ2n) is 3.70. The highest BCUT2D eigenvalue weighted by molar-refractivity contribution is 9.10. The van der Waals surface area contributed by atoms with Gasteiger partial charge in [-0.25, -0.2) is 0 Å². The van der Waals surface area contributed by atoms with Gasteiger partial charge in [0.05, 0.1) is 11.8 Å². The highest BCUT2D eigenvalue weighted by atomic mass is 79.9. The van der Waals surface area contributed by atoms with Crippen molar-refractivity contribution >= 4 is 32.2 Å². The van der Waals surface area contributed by atoms with E-state index < -0.39 is 0 Å². The Kier molecular flexibility index (Phi) is 2.68. The van der Waals surface area contributed by atoms with Crippen molar-refractivity contribution in [1.82, 2.24) is 9.38 Å². The zero-order valence-electron chi connectivity index (χ0n) is 9.00. The van der Waals surface area contributed by atoms with Crippen LogP contribution in [0.25, 0.3) is 16.2 Å². The molecule has 2 heterocycles. The van der Waals surface area contributed by atoms with Crippen LogP contribution in [0.5, 0.6) is 5.88 Å². The first-order valence-corrected chi connectivity index (χ1v) is 6.78. The lowest BCUT2D eigenvalue weighted by Crippen LogP contribution is -2.12. The molecule has 0 bridgehead atoms. The molecule has 0 radical (unpaired) electrons. The molecule has 0 aliphatic heterocycles. The van der Waals surface area contributed by atoms with Crippen LogP contribution in [-0.2, 0) is 0 Å². The molecule has 0 atom stereocenters. The van der Waals surface area contributed by atoms with Gasteiger partial charge in [0.25, 0.3) is 5.56 Å². The first-order chi connectivity index (χ1) is 8.65. The normalized spacial score (nSPS) is 10.9. The van der Waals surface area contributed by atoms with E-state index >= 15 is 0 Å². The molecule has 1 aromatic carbocycles. The molecule has 90 valence electrons. The number of fused-ring (bicyclic) bond motifs is 1. The minimum Gasteiger partial charge on any atom is -0.493 e. The zero-order valence-corrected chi connectivity index (χ0v) is 11.4. The summed E-state index contributed by atoms with van der Waals surface area (Å²) in [6.07, 6.45) is 0. The molecule has 18 heavy (non-hydrogen) atoms. The number of aromatic hydroxyl groups is 1. The van der Waals surface area contributed by atoms with Crippen LogP contribution in [0, 0.1) is 0 Å². The smallest absolute Gasteiger partial charge is 0.262 e. The van der Waals surface area contributed by atoms with Gasteiger partial charge in [0.1, 0.15) is 0 Å². The molecule has 4 nitrogen and oxygen atoms in total. The monoisotopic (exact) mass is 322 g/mol. The summed E-state index contributed by atoms with van der Waals surface area (Å²) in [5.74, 6) is -0.246. The lowest BCUT2D eigenvalue weighted by atomic mass is 10.2. The van der Waals surface area contributed by atoms with Crippen molar-refractivity contribution in [3.8, 4) is 17.1 Å². The zero-order chi connectivity index (χ0) is 12.7. The van der Waals surface area contributed by atoms with E-state index in [-0.39, 0.29) is 11.4 Å². The molecule has 0 aliphatic rings. The first-order valence-electron chi connectivity index (χ1n) is 5.11. The predicted octanol–water partition coefficient (Wildman–Crippen LogP) is 2.89. The SMILES string of the molecule is O=c1cc(O)nc2scc(-c3ccc(Br)cc3)n12. The highest BCUT2D eigenvalue weighted by Crippen LogP contribution is 2.25. The summed E-state index contributed by atoms with van der Waals surface area (Å²) in [6.45, 7) is 0. The van der Waals surface area contributed by atoms with Crippen LogP contribution >= 0.6 is 27.3 Å². The van der Waals surface area contributed by atoms with E-state index in [1.807, 2.05) is 29.6 Å². The van der Waals surface area contributed by atoms with E-state index in [2.05, 4.69) is 20.9 Å². The first kappa shape index (κ1) is 11.4. The Morgan fingerprint density at radius 2 is 2.00 bits per heavy atom. The Morgan fingerprint density at radius 1 is 1.28 bits per heavy atom. The van der Waals surface area contributed by atoms with Crippen molar-refractivity contribution in [2.75, 3.05) is 0 Å². The van der Waals surface area contributed by atoms with Crippen molar-refractivity contribution in [2.45, 2.75) is 0 Å². The summed E-state index contributed by atoms with van der Waals surface area (Å²) >= 11 is 4.69. The van der Waals surface area contributed by atoms with Gasteiger partial charge < -0.3 is 5.11 Å². The Hall–Kier alpha value is -1.66. The maximum Gasteiger partial charge on any atom is 0.262 e. The number of aromatic nitrogens is 2. The van der Waals surface area contributed by atoms with Crippen LogP contribution in [0.3, 0.4) is 0 Å². The molecular weight excluding hydrogens is 316 g/mol. The Balaban J connectivity index is 2.30. The van der Waals surface area contributed by atoms with Crippen LogP contribution in [0.2, 0.25) is 0 Å². The lowest BCUT2D eigenvalue weighted by Gasteiger charge is -2.01. The van der Waals surface area contributed by atoms with Gasteiger partial charge in [-0.2, -0.15) is 4.98 Å². The maximum atomic E-state index is 11.9. The number of halogens is 1. The fourth-order valence-electron chi connectivity index (χ4n) is 1.73. The summed E-state index contributed by atoms with van der Waals surface area (Å²) in [6, 6.07) is 8.78. The van der Waals surface area contributed by atoms with Crippen LogP contribution in [-0.4, -0.2) is 14.5 Å². The van der Waals surface area contributed by atoms with Crippen molar-refractivity contribution in [2.24, 2.45) is 0 Å². The van der Waals surface area contributed by atoms with Crippen LogP contribution in [0.15, 0.2) is 45.0 Å². The highest BCUT2D eigenvalue weighted by Gasteiger charge is 2.10. The van der Waals surface area contributed by atoms with Crippen molar-refractivity contribution in [1.29, 1.82) is 0 Å². The minimum atomic E-state index is -0.281. The fraction of sp³-hybridized carbons (Fsp3) is 0.